The number of rotatable bonds is 9. The summed E-state index contributed by atoms with van der Waals surface area (Å²) in [5.74, 6) is -0.102. The summed E-state index contributed by atoms with van der Waals surface area (Å²) >= 11 is 8.48. The van der Waals surface area contributed by atoms with Crippen molar-refractivity contribution in [3.8, 4) is 0 Å². The van der Waals surface area contributed by atoms with E-state index < -0.39 is 0 Å². The van der Waals surface area contributed by atoms with Crippen molar-refractivity contribution in [3.63, 3.8) is 0 Å². The maximum Gasteiger partial charge on any atom is 0.252 e. The number of amides is 1. The number of ketones is 1. The van der Waals surface area contributed by atoms with Gasteiger partial charge in [-0.3, -0.25) is 14.9 Å². The zero-order valence-corrected chi connectivity index (χ0v) is 17.9. The van der Waals surface area contributed by atoms with Gasteiger partial charge < -0.3 is 4.74 Å². The lowest BCUT2D eigenvalue weighted by Crippen LogP contribution is -2.18. The topological polar surface area (TPSA) is 81.2 Å². The molecule has 2 aromatic carbocycles. The van der Waals surface area contributed by atoms with Crippen molar-refractivity contribution in [2.45, 2.75) is 17.9 Å². The average Bonchev–Trinajstić information content (AvgIpc) is 3.16. The second kappa shape index (κ2) is 10.5. The Morgan fingerprint density at radius 1 is 1.17 bits per heavy atom. The summed E-state index contributed by atoms with van der Waals surface area (Å²) in [5.41, 5.74) is 2.46. The molecule has 150 valence electrons. The van der Waals surface area contributed by atoms with Gasteiger partial charge in [-0.2, -0.15) is 0 Å². The fourth-order valence-electron chi connectivity index (χ4n) is 2.34. The molecule has 0 spiro atoms. The van der Waals surface area contributed by atoms with Crippen LogP contribution in [0.5, 0.6) is 0 Å². The van der Waals surface area contributed by atoms with Gasteiger partial charge in [0.25, 0.3) is 5.91 Å². The molecule has 3 rings (SSSR count). The highest BCUT2D eigenvalue weighted by Crippen LogP contribution is 2.26. The van der Waals surface area contributed by atoms with Crippen LogP contribution in [0.4, 0.5) is 5.13 Å². The van der Waals surface area contributed by atoms with Gasteiger partial charge in [0.2, 0.25) is 5.13 Å². The van der Waals surface area contributed by atoms with E-state index in [2.05, 4.69) is 15.5 Å². The molecule has 1 heterocycles. The minimum Gasteiger partial charge on any atom is -0.367 e. The van der Waals surface area contributed by atoms with Gasteiger partial charge in [0, 0.05) is 10.6 Å². The first kappa shape index (κ1) is 21.4. The smallest absolute Gasteiger partial charge is 0.252 e. The predicted molar refractivity (Wildman–Crippen MR) is 116 cm³/mol. The Bertz CT molecular complexity index is 996. The van der Waals surface area contributed by atoms with Crippen LogP contribution in [0.1, 0.15) is 21.5 Å². The van der Waals surface area contributed by atoms with Crippen LogP contribution >= 0.6 is 34.7 Å². The zero-order chi connectivity index (χ0) is 20.6. The van der Waals surface area contributed by atoms with Crippen molar-refractivity contribution >= 4 is 51.5 Å². The SMILES string of the molecule is Cc1cc(C(=O)CSc2nnc(NC(=O)COCc3ccccc3)s2)ccc1Cl. The van der Waals surface area contributed by atoms with E-state index in [1.807, 2.05) is 37.3 Å². The van der Waals surface area contributed by atoms with Crippen LogP contribution in [0, 0.1) is 6.92 Å². The maximum atomic E-state index is 12.3. The van der Waals surface area contributed by atoms with Crippen LogP contribution < -0.4 is 5.32 Å². The molecule has 29 heavy (non-hydrogen) atoms. The minimum atomic E-state index is -0.304. The maximum absolute atomic E-state index is 12.3. The van der Waals surface area contributed by atoms with E-state index in [1.54, 1.807) is 18.2 Å². The van der Waals surface area contributed by atoms with Gasteiger partial charge >= 0.3 is 0 Å². The van der Waals surface area contributed by atoms with Gasteiger partial charge in [-0.25, -0.2) is 0 Å². The molecule has 9 heteroatoms. The van der Waals surface area contributed by atoms with Crippen LogP contribution in [-0.2, 0) is 16.1 Å². The van der Waals surface area contributed by atoms with Crippen LogP contribution in [-0.4, -0.2) is 34.2 Å². The number of halogens is 1. The summed E-state index contributed by atoms with van der Waals surface area (Å²) in [6.07, 6.45) is 0. The molecule has 0 aliphatic rings. The van der Waals surface area contributed by atoms with Crippen molar-refractivity contribution in [2.24, 2.45) is 0 Å². The lowest BCUT2D eigenvalue weighted by atomic mass is 10.1. The van der Waals surface area contributed by atoms with E-state index in [0.717, 1.165) is 11.1 Å². The third-order valence-electron chi connectivity index (χ3n) is 3.80. The number of hydrogen-bond acceptors (Lipinski definition) is 7. The Morgan fingerprint density at radius 3 is 2.72 bits per heavy atom. The Hall–Kier alpha value is -2.26. The molecule has 0 saturated carbocycles. The van der Waals surface area contributed by atoms with Crippen molar-refractivity contribution < 1.29 is 14.3 Å². The van der Waals surface area contributed by atoms with E-state index in [4.69, 9.17) is 16.3 Å². The molecule has 0 saturated heterocycles. The lowest BCUT2D eigenvalue weighted by molar-refractivity contribution is -0.121. The first-order valence-corrected chi connectivity index (χ1v) is 10.9. The molecule has 6 nitrogen and oxygen atoms in total. The standard InChI is InChI=1S/C20H18ClN3O3S2/c1-13-9-15(7-8-16(13)21)17(25)12-28-20-24-23-19(29-20)22-18(26)11-27-10-14-5-3-2-4-6-14/h2-9H,10-12H2,1H3,(H,22,23,26). The van der Waals surface area contributed by atoms with E-state index in [9.17, 15) is 9.59 Å². The van der Waals surface area contributed by atoms with Crippen LogP contribution in [0.3, 0.4) is 0 Å². The molecular formula is C20H18ClN3O3S2. The molecule has 1 aromatic heterocycles. The van der Waals surface area contributed by atoms with E-state index >= 15 is 0 Å². The van der Waals surface area contributed by atoms with Crippen LogP contribution in [0.15, 0.2) is 52.9 Å². The summed E-state index contributed by atoms with van der Waals surface area (Å²) in [6.45, 7) is 2.14. The summed E-state index contributed by atoms with van der Waals surface area (Å²) < 4.78 is 5.99. The van der Waals surface area contributed by atoms with Gasteiger partial charge in [0.05, 0.1) is 12.4 Å². The number of Topliss-reactive ketones (excluding diaryl/α,β-unsaturated/α-hetero) is 1. The molecule has 1 N–H and O–H groups in total. The molecule has 0 fully saturated rings. The average molecular weight is 448 g/mol. The number of aromatic nitrogens is 2. The van der Waals surface area contributed by atoms with Crippen LogP contribution in [0.25, 0.3) is 0 Å². The molecule has 0 unspecified atom stereocenters. The molecule has 0 bridgehead atoms. The number of aryl methyl sites for hydroxylation is 1. The Labute approximate surface area is 181 Å². The summed E-state index contributed by atoms with van der Waals surface area (Å²) in [5, 5.41) is 11.6. The molecule has 0 atom stereocenters. The number of benzene rings is 2. The lowest BCUT2D eigenvalue weighted by Gasteiger charge is -2.03. The summed E-state index contributed by atoms with van der Waals surface area (Å²) in [7, 11) is 0. The normalized spacial score (nSPS) is 10.7. The largest absolute Gasteiger partial charge is 0.367 e. The van der Waals surface area contributed by atoms with E-state index in [0.29, 0.717) is 26.7 Å². The highest BCUT2D eigenvalue weighted by atomic mass is 35.5. The van der Waals surface area contributed by atoms with E-state index in [-0.39, 0.29) is 24.1 Å². The fraction of sp³-hybridized carbons (Fsp3) is 0.200. The Morgan fingerprint density at radius 2 is 1.97 bits per heavy atom. The van der Waals surface area contributed by atoms with Gasteiger partial charge in [0.15, 0.2) is 10.1 Å². The van der Waals surface area contributed by atoms with Crippen molar-refractivity contribution in [3.05, 3.63) is 70.2 Å². The van der Waals surface area contributed by atoms with E-state index in [1.165, 1.54) is 23.1 Å². The fourth-order valence-corrected chi connectivity index (χ4v) is 4.12. The second-order valence-corrected chi connectivity index (χ2v) is 8.68. The van der Waals surface area contributed by atoms with Gasteiger partial charge in [0.1, 0.15) is 6.61 Å². The summed E-state index contributed by atoms with van der Waals surface area (Å²) in [6, 6.07) is 14.8. The number of thioether (sulfide) groups is 1. The highest BCUT2D eigenvalue weighted by molar-refractivity contribution is 8.01. The molecule has 0 aliphatic heterocycles. The third-order valence-corrected chi connectivity index (χ3v) is 6.20. The van der Waals surface area contributed by atoms with Crippen molar-refractivity contribution in [1.29, 1.82) is 0 Å². The number of anilines is 1. The second-order valence-electron chi connectivity index (χ2n) is 6.08. The van der Waals surface area contributed by atoms with Crippen LogP contribution in [0.2, 0.25) is 5.02 Å². The minimum absolute atomic E-state index is 0.0233. The molecule has 0 radical (unpaired) electrons. The zero-order valence-electron chi connectivity index (χ0n) is 15.6. The number of nitrogens with one attached hydrogen (secondary N) is 1. The molecule has 1 amide bonds. The molecular weight excluding hydrogens is 430 g/mol. The third kappa shape index (κ3) is 6.64. The highest BCUT2D eigenvalue weighted by Gasteiger charge is 2.12. The van der Waals surface area contributed by atoms with Gasteiger partial charge in [-0.15, -0.1) is 10.2 Å². The monoisotopic (exact) mass is 447 g/mol. The number of carbonyl (C=O) groups excluding carboxylic acids is 2. The Balaban J connectivity index is 1.43. The number of ether oxygens (including phenoxy) is 1. The van der Waals surface area contributed by atoms with Crippen molar-refractivity contribution in [2.75, 3.05) is 17.7 Å². The first-order chi connectivity index (χ1) is 14.0. The predicted octanol–water partition coefficient (Wildman–Crippen LogP) is 4.63. The van der Waals surface area contributed by atoms with Crippen molar-refractivity contribution in [1.82, 2.24) is 10.2 Å². The molecule has 3 aromatic rings. The number of hydrogen-bond donors (Lipinski definition) is 1. The summed E-state index contributed by atoms with van der Waals surface area (Å²) in [4.78, 5) is 24.3. The molecule has 0 aliphatic carbocycles. The van der Waals surface area contributed by atoms with Gasteiger partial charge in [-0.05, 0) is 36.2 Å². The quantitative estimate of drug-likeness (QED) is 0.292. The Kier molecular flexibility index (Phi) is 7.76. The number of nitrogens with zero attached hydrogens (tertiary/aromatic N) is 2. The first-order valence-electron chi connectivity index (χ1n) is 8.68. The van der Waals surface area contributed by atoms with Gasteiger partial charge in [-0.1, -0.05) is 65.0 Å². The number of carbonyl (C=O) groups is 2.